The molecular formula is C24H38O5. The van der Waals surface area contributed by atoms with Crippen LogP contribution in [0.3, 0.4) is 0 Å². The summed E-state index contributed by atoms with van der Waals surface area (Å²) in [4.78, 5) is 21.3. The topological polar surface area (TPSA) is 83.8 Å². The van der Waals surface area contributed by atoms with Gasteiger partial charge < -0.3 is 14.9 Å². The molecule has 0 fully saturated rings. The molecule has 0 amide bonds. The summed E-state index contributed by atoms with van der Waals surface area (Å²) < 4.78 is 6.11. The first-order valence-corrected chi connectivity index (χ1v) is 11.2. The standard InChI is InChI=1S/C24H38O5/c1-2-3-4-11-19-29-22-16-12-14-20(13-7-5-9-17-23(25)26)21(22)15-8-6-10-18-24(27)28/h12,14,16H,2-11,13,15,17-19H2,1H3,(H,25,26)(H,27,28). The molecule has 5 nitrogen and oxygen atoms in total. The summed E-state index contributed by atoms with van der Waals surface area (Å²) in [6.45, 7) is 2.93. The van der Waals surface area contributed by atoms with Crippen molar-refractivity contribution in [3.8, 4) is 5.75 Å². The van der Waals surface area contributed by atoms with Gasteiger partial charge in [0.2, 0.25) is 0 Å². The average molecular weight is 407 g/mol. The Morgan fingerprint density at radius 1 is 0.793 bits per heavy atom. The Morgan fingerprint density at radius 2 is 1.41 bits per heavy atom. The number of aryl methyl sites for hydroxylation is 1. The molecule has 0 aromatic heterocycles. The quantitative estimate of drug-likeness (QED) is 0.291. The predicted octanol–water partition coefficient (Wildman–Crippen LogP) is 6.02. The monoisotopic (exact) mass is 406 g/mol. The number of carboxylic acid groups (broad SMARTS) is 2. The van der Waals surface area contributed by atoms with Crippen molar-refractivity contribution in [2.24, 2.45) is 0 Å². The van der Waals surface area contributed by atoms with Gasteiger partial charge in [-0.15, -0.1) is 0 Å². The van der Waals surface area contributed by atoms with Crippen molar-refractivity contribution in [3.63, 3.8) is 0 Å². The number of ether oxygens (including phenoxy) is 1. The fourth-order valence-corrected chi connectivity index (χ4v) is 3.50. The van der Waals surface area contributed by atoms with Gasteiger partial charge in [0.15, 0.2) is 0 Å². The highest BCUT2D eigenvalue weighted by atomic mass is 16.5. The maximum absolute atomic E-state index is 10.7. The van der Waals surface area contributed by atoms with E-state index >= 15 is 0 Å². The Hall–Kier alpha value is -2.04. The molecule has 0 heterocycles. The van der Waals surface area contributed by atoms with Crippen LogP contribution in [-0.4, -0.2) is 28.8 Å². The van der Waals surface area contributed by atoms with E-state index in [0.717, 1.165) is 57.3 Å². The largest absolute Gasteiger partial charge is 0.493 e. The van der Waals surface area contributed by atoms with E-state index in [-0.39, 0.29) is 12.8 Å². The zero-order valence-corrected chi connectivity index (χ0v) is 18.0. The van der Waals surface area contributed by atoms with Crippen molar-refractivity contribution >= 4 is 11.9 Å². The van der Waals surface area contributed by atoms with E-state index in [2.05, 4.69) is 13.0 Å². The van der Waals surface area contributed by atoms with Crippen LogP contribution in [0.1, 0.15) is 95.1 Å². The molecule has 2 N–H and O–H groups in total. The van der Waals surface area contributed by atoms with Crippen LogP contribution in [0.4, 0.5) is 0 Å². The van der Waals surface area contributed by atoms with Crippen LogP contribution < -0.4 is 4.74 Å². The first kappa shape index (κ1) is 25.0. The molecule has 0 saturated heterocycles. The SMILES string of the molecule is CCCCCCOc1cccc(CCCCCC(=O)O)c1CCCCCC(=O)O. The number of hydrogen-bond donors (Lipinski definition) is 2. The van der Waals surface area contributed by atoms with E-state index in [1.54, 1.807) is 0 Å². The number of rotatable bonds is 18. The van der Waals surface area contributed by atoms with Crippen molar-refractivity contribution in [1.29, 1.82) is 0 Å². The highest BCUT2D eigenvalue weighted by Crippen LogP contribution is 2.27. The highest BCUT2D eigenvalue weighted by molar-refractivity contribution is 5.66. The Labute approximate surface area is 175 Å². The number of carbonyl (C=O) groups is 2. The summed E-state index contributed by atoms with van der Waals surface area (Å²) in [6, 6.07) is 6.23. The summed E-state index contributed by atoms with van der Waals surface area (Å²) >= 11 is 0. The van der Waals surface area contributed by atoms with E-state index in [9.17, 15) is 9.59 Å². The van der Waals surface area contributed by atoms with Gasteiger partial charge in [0.1, 0.15) is 5.75 Å². The second kappa shape index (κ2) is 15.8. The molecule has 1 aromatic rings. The van der Waals surface area contributed by atoms with Crippen LogP contribution in [0.2, 0.25) is 0 Å². The van der Waals surface area contributed by atoms with Gasteiger partial charge in [-0.25, -0.2) is 0 Å². The van der Waals surface area contributed by atoms with Gasteiger partial charge >= 0.3 is 11.9 Å². The molecule has 29 heavy (non-hydrogen) atoms. The van der Waals surface area contributed by atoms with Crippen molar-refractivity contribution in [2.45, 2.75) is 96.8 Å². The molecule has 0 unspecified atom stereocenters. The summed E-state index contributed by atoms with van der Waals surface area (Å²) in [5.41, 5.74) is 2.53. The number of aliphatic carboxylic acids is 2. The maximum atomic E-state index is 10.7. The van der Waals surface area contributed by atoms with Crippen LogP contribution in [-0.2, 0) is 22.4 Å². The van der Waals surface area contributed by atoms with E-state index < -0.39 is 11.9 Å². The summed E-state index contributed by atoms with van der Waals surface area (Å²) in [7, 11) is 0. The lowest BCUT2D eigenvalue weighted by Crippen LogP contribution is -2.04. The van der Waals surface area contributed by atoms with Crippen LogP contribution >= 0.6 is 0 Å². The third kappa shape index (κ3) is 12.2. The molecule has 0 spiro atoms. The molecule has 164 valence electrons. The van der Waals surface area contributed by atoms with Crippen molar-refractivity contribution < 1.29 is 24.5 Å². The zero-order chi connectivity index (χ0) is 21.3. The summed E-state index contributed by atoms with van der Waals surface area (Å²) in [6.07, 6.45) is 12.1. The average Bonchev–Trinajstić information content (AvgIpc) is 2.68. The van der Waals surface area contributed by atoms with Gasteiger partial charge in [0.25, 0.3) is 0 Å². The molecule has 0 aliphatic rings. The lowest BCUT2D eigenvalue weighted by Gasteiger charge is -2.16. The summed E-state index contributed by atoms with van der Waals surface area (Å²) in [5.74, 6) is -0.504. The van der Waals surface area contributed by atoms with Gasteiger partial charge in [-0.1, -0.05) is 51.2 Å². The van der Waals surface area contributed by atoms with E-state index in [4.69, 9.17) is 14.9 Å². The van der Waals surface area contributed by atoms with Gasteiger partial charge in [-0.3, -0.25) is 9.59 Å². The number of carboxylic acids is 2. The molecule has 0 aliphatic carbocycles. The molecule has 1 rings (SSSR count). The van der Waals surface area contributed by atoms with Crippen molar-refractivity contribution in [2.75, 3.05) is 6.61 Å². The molecule has 0 atom stereocenters. The maximum Gasteiger partial charge on any atom is 0.303 e. The molecule has 1 aromatic carbocycles. The smallest absolute Gasteiger partial charge is 0.303 e. The zero-order valence-electron chi connectivity index (χ0n) is 18.0. The third-order valence-corrected chi connectivity index (χ3v) is 5.14. The Bertz CT molecular complexity index is 597. The number of benzene rings is 1. The predicted molar refractivity (Wildman–Crippen MR) is 116 cm³/mol. The second-order valence-corrected chi connectivity index (χ2v) is 7.71. The summed E-state index contributed by atoms with van der Waals surface area (Å²) in [5, 5.41) is 17.6. The van der Waals surface area contributed by atoms with Crippen LogP contribution in [0.25, 0.3) is 0 Å². The van der Waals surface area contributed by atoms with Gasteiger partial charge in [-0.05, 0) is 62.1 Å². The van der Waals surface area contributed by atoms with Gasteiger partial charge in [0.05, 0.1) is 6.61 Å². The Balaban J connectivity index is 2.63. The first-order chi connectivity index (χ1) is 14.0. The van der Waals surface area contributed by atoms with Gasteiger partial charge in [-0.2, -0.15) is 0 Å². The van der Waals surface area contributed by atoms with Crippen molar-refractivity contribution in [3.05, 3.63) is 29.3 Å². The first-order valence-electron chi connectivity index (χ1n) is 11.2. The normalized spacial score (nSPS) is 10.8. The second-order valence-electron chi connectivity index (χ2n) is 7.71. The molecule has 0 radical (unpaired) electrons. The fraction of sp³-hybridized carbons (Fsp3) is 0.667. The minimum absolute atomic E-state index is 0.228. The van der Waals surface area contributed by atoms with Crippen LogP contribution in [0.5, 0.6) is 5.75 Å². The van der Waals surface area contributed by atoms with E-state index in [1.807, 2.05) is 12.1 Å². The molecular weight excluding hydrogens is 368 g/mol. The third-order valence-electron chi connectivity index (χ3n) is 5.14. The van der Waals surface area contributed by atoms with Crippen molar-refractivity contribution in [1.82, 2.24) is 0 Å². The number of hydrogen-bond acceptors (Lipinski definition) is 3. The van der Waals surface area contributed by atoms with E-state index in [1.165, 1.54) is 30.4 Å². The van der Waals surface area contributed by atoms with E-state index in [0.29, 0.717) is 12.8 Å². The lowest BCUT2D eigenvalue weighted by atomic mass is 9.95. The minimum Gasteiger partial charge on any atom is -0.493 e. The van der Waals surface area contributed by atoms with Gasteiger partial charge in [0, 0.05) is 12.8 Å². The minimum atomic E-state index is -0.733. The fourth-order valence-electron chi connectivity index (χ4n) is 3.50. The lowest BCUT2D eigenvalue weighted by molar-refractivity contribution is -0.138. The molecule has 0 saturated carbocycles. The van der Waals surface area contributed by atoms with Crippen LogP contribution in [0, 0.1) is 0 Å². The Morgan fingerprint density at radius 3 is 2.03 bits per heavy atom. The Kier molecular flexibility index (Phi) is 13.6. The number of unbranched alkanes of at least 4 members (excludes halogenated alkanes) is 7. The molecule has 0 aliphatic heterocycles. The molecule has 5 heteroatoms. The molecule has 0 bridgehead atoms. The van der Waals surface area contributed by atoms with Crippen LogP contribution in [0.15, 0.2) is 18.2 Å². The highest BCUT2D eigenvalue weighted by Gasteiger charge is 2.10.